The molecule has 142 valence electrons. The fourth-order valence-corrected chi connectivity index (χ4v) is 3.64. The summed E-state index contributed by atoms with van der Waals surface area (Å²) in [7, 11) is 0. The number of rotatable bonds is 9. The maximum absolute atomic E-state index is 12.6. The first kappa shape index (κ1) is 20.3. The Kier molecular flexibility index (Phi) is 7.97. The van der Waals surface area contributed by atoms with Gasteiger partial charge >= 0.3 is 5.97 Å². The highest BCUT2D eigenvalue weighted by Gasteiger charge is 2.32. The van der Waals surface area contributed by atoms with Crippen LogP contribution in [-0.4, -0.2) is 47.0 Å². The fraction of sp³-hybridized carbons (Fsp3) is 0.526. The second-order valence-electron chi connectivity index (χ2n) is 6.62. The van der Waals surface area contributed by atoms with Crippen molar-refractivity contribution in [2.75, 3.05) is 12.0 Å². The van der Waals surface area contributed by atoms with Gasteiger partial charge in [0.1, 0.15) is 6.04 Å². The molecule has 26 heavy (non-hydrogen) atoms. The highest BCUT2D eigenvalue weighted by molar-refractivity contribution is 7.98. The summed E-state index contributed by atoms with van der Waals surface area (Å²) < 4.78 is 0. The van der Waals surface area contributed by atoms with Gasteiger partial charge in [0.25, 0.3) is 0 Å². The molecule has 0 saturated heterocycles. The van der Waals surface area contributed by atoms with Crippen molar-refractivity contribution in [3.8, 4) is 0 Å². The van der Waals surface area contributed by atoms with Crippen LogP contribution < -0.4 is 10.6 Å². The molecule has 3 atom stereocenters. The Hall–Kier alpha value is -2.02. The summed E-state index contributed by atoms with van der Waals surface area (Å²) in [6, 6.07) is 8.66. The Morgan fingerprint density at radius 2 is 1.96 bits per heavy atom. The van der Waals surface area contributed by atoms with Crippen molar-refractivity contribution >= 4 is 29.5 Å². The summed E-state index contributed by atoms with van der Waals surface area (Å²) in [6.07, 6.45) is 4.42. The lowest BCUT2D eigenvalue weighted by Crippen LogP contribution is -2.49. The van der Waals surface area contributed by atoms with Crippen LogP contribution in [0.5, 0.6) is 0 Å². The molecule has 1 aliphatic carbocycles. The number of carboxylic acid groups (broad SMARTS) is 1. The van der Waals surface area contributed by atoms with Crippen LogP contribution in [0.1, 0.15) is 31.2 Å². The lowest BCUT2D eigenvalue weighted by atomic mass is 10.1. The summed E-state index contributed by atoms with van der Waals surface area (Å²) in [5.41, 5.74) is 0.897. The molecule has 1 aliphatic rings. The Morgan fingerprint density at radius 1 is 1.23 bits per heavy atom. The summed E-state index contributed by atoms with van der Waals surface area (Å²) in [4.78, 5) is 35.9. The van der Waals surface area contributed by atoms with E-state index in [1.54, 1.807) is 11.8 Å². The van der Waals surface area contributed by atoms with Crippen LogP contribution in [0.2, 0.25) is 0 Å². The molecular formula is C19H26N2O4S. The van der Waals surface area contributed by atoms with Gasteiger partial charge in [0.15, 0.2) is 0 Å². The van der Waals surface area contributed by atoms with Gasteiger partial charge < -0.3 is 15.7 Å². The molecule has 0 bridgehead atoms. The average Bonchev–Trinajstić information content (AvgIpc) is 3.08. The zero-order chi connectivity index (χ0) is 18.9. The van der Waals surface area contributed by atoms with E-state index in [4.69, 9.17) is 5.11 Å². The number of carbonyl (C=O) groups is 3. The smallest absolute Gasteiger partial charge is 0.306 e. The van der Waals surface area contributed by atoms with E-state index in [1.807, 2.05) is 36.6 Å². The SMILES string of the molecule is CSCCC(NC(=O)Cc1ccccc1)C(=O)N[C@H]1CC[C@@H](C(=O)O)C1. The summed E-state index contributed by atoms with van der Waals surface area (Å²) in [5.74, 6) is -0.857. The minimum absolute atomic E-state index is 0.133. The van der Waals surface area contributed by atoms with E-state index in [-0.39, 0.29) is 24.3 Å². The molecule has 2 amide bonds. The molecule has 2 rings (SSSR count). The summed E-state index contributed by atoms with van der Waals surface area (Å²) in [6.45, 7) is 0. The van der Waals surface area contributed by atoms with Crippen molar-refractivity contribution in [2.45, 2.75) is 44.2 Å². The van der Waals surface area contributed by atoms with Crippen molar-refractivity contribution in [1.29, 1.82) is 0 Å². The van der Waals surface area contributed by atoms with E-state index < -0.39 is 17.9 Å². The molecule has 0 radical (unpaired) electrons. The van der Waals surface area contributed by atoms with Gasteiger partial charge in [-0.3, -0.25) is 14.4 Å². The maximum atomic E-state index is 12.6. The van der Waals surface area contributed by atoms with Crippen molar-refractivity contribution in [2.24, 2.45) is 5.92 Å². The zero-order valence-corrected chi connectivity index (χ0v) is 15.8. The van der Waals surface area contributed by atoms with E-state index in [9.17, 15) is 14.4 Å². The first-order valence-electron chi connectivity index (χ1n) is 8.85. The van der Waals surface area contributed by atoms with Gasteiger partial charge in [-0.15, -0.1) is 0 Å². The highest BCUT2D eigenvalue weighted by atomic mass is 32.2. The van der Waals surface area contributed by atoms with E-state index >= 15 is 0 Å². The van der Waals surface area contributed by atoms with Crippen molar-refractivity contribution in [3.63, 3.8) is 0 Å². The molecular weight excluding hydrogens is 352 g/mol. The largest absolute Gasteiger partial charge is 0.481 e. The Labute approximate surface area is 158 Å². The topological polar surface area (TPSA) is 95.5 Å². The molecule has 0 aromatic heterocycles. The van der Waals surface area contributed by atoms with Crippen molar-refractivity contribution in [3.05, 3.63) is 35.9 Å². The average molecular weight is 378 g/mol. The molecule has 1 fully saturated rings. The third-order valence-electron chi connectivity index (χ3n) is 4.60. The Balaban J connectivity index is 1.89. The maximum Gasteiger partial charge on any atom is 0.306 e. The molecule has 3 N–H and O–H groups in total. The normalized spacial score (nSPS) is 20.3. The standard InChI is InChI=1S/C19H26N2O4S/c1-26-10-9-16(21-17(22)11-13-5-3-2-4-6-13)18(23)20-15-8-7-14(12-15)19(24)25/h2-6,14-16H,7-12H2,1H3,(H,20,23)(H,21,22)(H,24,25)/t14-,15+,16?/m1/s1. The quantitative estimate of drug-likeness (QED) is 0.609. The van der Waals surface area contributed by atoms with Gasteiger partial charge in [-0.05, 0) is 43.3 Å². The Bertz CT molecular complexity index is 623. The number of thioether (sulfide) groups is 1. The summed E-state index contributed by atoms with van der Waals surface area (Å²) in [5, 5.41) is 14.8. The summed E-state index contributed by atoms with van der Waals surface area (Å²) >= 11 is 1.62. The van der Waals surface area contributed by atoms with Crippen LogP contribution in [-0.2, 0) is 20.8 Å². The van der Waals surface area contributed by atoms with Crippen LogP contribution in [0.4, 0.5) is 0 Å². The highest BCUT2D eigenvalue weighted by Crippen LogP contribution is 2.25. The van der Waals surface area contributed by atoms with E-state index in [2.05, 4.69) is 10.6 Å². The number of hydrogen-bond acceptors (Lipinski definition) is 4. The minimum atomic E-state index is -0.808. The lowest BCUT2D eigenvalue weighted by molar-refractivity contribution is -0.141. The third-order valence-corrected chi connectivity index (χ3v) is 5.24. The number of carbonyl (C=O) groups excluding carboxylic acids is 2. The molecule has 6 nitrogen and oxygen atoms in total. The lowest BCUT2D eigenvalue weighted by Gasteiger charge is -2.21. The molecule has 7 heteroatoms. The van der Waals surface area contributed by atoms with Gasteiger partial charge in [0, 0.05) is 6.04 Å². The molecule has 0 heterocycles. The number of hydrogen-bond donors (Lipinski definition) is 3. The van der Waals surface area contributed by atoms with Crippen LogP contribution in [0.25, 0.3) is 0 Å². The van der Waals surface area contributed by atoms with Crippen molar-refractivity contribution in [1.82, 2.24) is 10.6 Å². The van der Waals surface area contributed by atoms with Crippen molar-refractivity contribution < 1.29 is 19.5 Å². The van der Waals surface area contributed by atoms with Crippen LogP contribution in [0.15, 0.2) is 30.3 Å². The van der Waals surface area contributed by atoms with Gasteiger partial charge in [-0.25, -0.2) is 0 Å². The molecule has 1 saturated carbocycles. The van der Waals surface area contributed by atoms with Gasteiger partial charge in [-0.1, -0.05) is 30.3 Å². The molecule has 0 spiro atoms. The van der Waals surface area contributed by atoms with E-state index in [1.165, 1.54) is 0 Å². The van der Waals surface area contributed by atoms with E-state index in [0.29, 0.717) is 25.7 Å². The number of amides is 2. The van der Waals surface area contributed by atoms with Gasteiger partial charge in [-0.2, -0.15) is 11.8 Å². The first-order valence-corrected chi connectivity index (χ1v) is 10.2. The predicted molar refractivity (Wildman–Crippen MR) is 102 cm³/mol. The number of benzene rings is 1. The number of carboxylic acids is 1. The second-order valence-corrected chi connectivity index (χ2v) is 7.60. The molecule has 0 aliphatic heterocycles. The van der Waals surface area contributed by atoms with Crippen LogP contribution >= 0.6 is 11.8 Å². The minimum Gasteiger partial charge on any atom is -0.481 e. The predicted octanol–water partition coefficient (Wildman–Crippen LogP) is 1.84. The molecule has 1 aromatic carbocycles. The van der Waals surface area contributed by atoms with Crippen LogP contribution in [0.3, 0.4) is 0 Å². The first-order chi connectivity index (χ1) is 12.5. The van der Waals surface area contributed by atoms with E-state index in [0.717, 1.165) is 11.3 Å². The third kappa shape index (κ3) is 6.37. The Morgan fingerprint density at radius 3 is 2.58 bits per heavy atom. The number of nitrogens with one attached hydrogen (secondary N) is 2. The zero-order valence-electron chi connectivity index (χ0n) is 14.9. The van der Waals surface area contributed by atoms with Crippen LogP contribution in [0, 0.1) is 5.92 Å². The fourth-order valence-electron chi connectivity index (χ4n) is 3.17. The molecule has 1 unspecified atom stereocenters. The molecule has 1 aromatic rings. The van der Waals surface area contributed by atoms with Gasteiger partial charge in [0.2, 0.25) is 11.8 Å². The second kappa shape index (κ2) is 10.2. The van der Waals surface area contributed by atoms with Gasteiger partial charge in [0.05, 0.1) is 12.3 Å². The number of aliphatic carboxylic acids is 1. The monoisotopic (exact) mass is 378 g/mol.